The Kier molecular flexibility index (Phi) is 5.23. The lowest BCUT2D eigenvalue weighted by molar-refractivity contribution is 0.152. The minimum absolute atomic E-state index is 0.153. The number of hydrogen-bond donors (Lipinski definition) is 1. The molecule has 19 heavy (non-hydrogen) atoms. The lowest BCUT2D eigenvalue weighted by Crippen LogP contribution is -2.43. The average Bonchev–Trinajstić information content (AvgIpc) is 2.46. The standard InChI is InChI=1S/C16H26N2O/c1-3-18-10-8-14(9-11-18)16(17)12-19-15-6-4-13(2)5-7-15/h4-7,14,16H,3,8-12,17H2,1-2H3. The minimum Gasteiger partial charge on any atom is -0.492 e. The fraction of sp³-hybridized carbons (Fsp3) is 0.625. The molecule has 0 bridgehead atoms. The molecule has 0 spiro atoms. The summed E-state index contributed by atoms with van der Waals surface area (Å²) in [6, 6.07) is 8.32. The summed E-state index contributed by atoms with van der Waals surface area (Å²) in [7, 11) is 0. The summed E-state index contributed by atoms with van der Waals surface area (Å²) in [6.07, 6.45) is 2.40. The van der Waals surface area contributed by atoms with Gasteiger partial charge in [-0.05, 0) is 57.5 Å². The molecule has 1 aromatic carbocycles. The Hall–Kier alpha value is -1.06. The third-order valence-corrected chi connectivity index (χ3v) is 4.15. The first-order chi connectivity index (χ1) is 9.19. The van der Waals surface area contributed by atoms with Gasteiger partial charge in [0.25, 0.3) is 0 Å². The van der Waals surface area contributed by atoms with Gasteiger partial charge >= 0.3 is 0 Å². The molecule has 1 aliphatic heterocycles. The lowest BCUT2D eigenvalue weighted by Gasteiger charge is -2.33. The highest BCUT2D eigenvalue weighted by Gasteiger charge is 2.23. The Balaban J connectivity index is 1.75. The van der Waals surface area contributed by atoms with Crippen molar-refractivity contribution in [2.45, 2.75) is 32.7 Å². The maximum absolute atomic E-state index is 6.27. The molecule has 106 valence electrons. The summed E-state index contributed by atoms with van der Waals surface area (Å²) >= 11 is 0. The SMILES string of the molecule is CCN1CCC(C(N)COc2ccc(C)cc2)CC1. The number of likely N-dealkylation sites (tertiary alicyclic amines) is 1. The molecule has 1 aliphatic rings. The highest BCUT2D eigenvalue weighted by atomic mass is 16.5. The second-order valence-corrected chi connectivity index (χ2v) is 5.56. The van der Waals surface area contributed by atoms with Crippen LogP contribution in [0.1, 0.15) is 25.3 Å². The summed E-state index contributed by atoms with van der Waals surface area (Å²) in [5.41, 5.74) is 7.52. The van der Waals surface area contributed by atoms with Gasteiger partial charge in [0.1, 0.15) is 12.4 Å². The summed E-state index contributed by atoms with van der Waals surface area (Å²) in [5.74, 6) is 1.53. The molecule has 1 atom stereocenters. The zero-order chi connectivity index (χ0) is 13.7. The van der Waals surface area contributed by atoms with E-state index < -0.39 is 0 Å². The van der Waals surface area contributed by atoms with Gasteiger partial charge in [-0.1, -0.05) is 24.6 Å². The van der Waals surface area contributed by atoms with Crippen molar-refractivity contribution >= 4 is 0 Å². The predicted octanol–water partition coefficient (Wildman–Crippen LogP) is 2.43. The molecule has 1 heterocycles. The molecule has 3 nitrogen and oxygen atoms in total. The van der Waals surface area contributed by atoms with Crippen molar-refractivity contribution in [3.05, 3.63) is 29.8 Å². The van der Waals surface area contributed by atoms with Crippen molar-refractivity contribution < 1.29 is 4.74 Å². The maximum atomic E-state index is 6.27. The van der Waals surface area contributed by atoms with E-state index in [2.05, 4.69) is 30.9 Å². The van der Waals surface area contributed by atoms with Crippen LogP contribution in [0, 0.1) is 12.8 Å². The Labute approximate surface area is 116 Å². The largest absolute Gasteiger partial charge is 0.492 e. The van der Waals surface area contributed by atoms with Gasteiger partial charge in [-0.2, -0.15) is 0 Å². The molecule has 3 heteroatoms. The molecule has 0 saturated carbocycles. The normalized spacial score (nSPS) is 19.3. The highest BCUT2D eigenvalue weighted by molar-refractivity contribution is 5.26. The number of ether oxygens (including phenoxy) is 1. The van der Waals surface area contributed by atoms with E-state index in [9.17, 15) is 0 Å². The van der Waals surface area contributed by atoms with Gasteiger partial charge in [-0.3, -0.25) is 0 Å². The van der Waals surface area contributed by atoms with Gasteiger partial charge in [-0.25, -0.2) is 0 Å². The quantitative estimate of drug-likeness (QED) is 0.885. The number of piperidine rings is 1. The Morgan fingerprint density at radius 2 is 1.89 bits per heavy atom. The number of hydrogen-bond acceptors (Lipinski definition) is 3. The number of aryl methyl sites for hydroxylation is 1. The molecule has 0 radical (unpaired) electrons. The van der Waals surface area contributed by atoms with E-state index in [0.29, 0.717) is 12.5 Å². The van der Waals surface area contributed by atoms with Crippen molar-refractivity contribution in [3.63, 3.8) is 0 Å². The predicted molar refractivity (Wildman–Crippen MR) is 79.5 cm³/mol. The molecule has 1 fully saturated rings. The fourth-order valence-electron chi connectivity index (χ4n) is 2.66. The molecular formula is C16H26N2O. The van der Waals surface area contributed by atoms with E-state index in [1.807, 2.05) is 12.1 Å². The van der Waals surface area contributed by atoms with Crippen LogP contribution in [0.5, 0.6) is 5.75 Å². The third-order valence-electron chi connectivity index (χ3n) is 4.15. The summed E-state index contributed by atoms with van der Waals surface area (Å²) in [4.78, 5) is 2.49. The van der Waals surface area contributed by atoms with Crippen LogP contribution in [0.4, 0.5) is 0 Å². The van der Waals surface area contributed by atoms with Gasteiger partial charge in [0.2, 0.25) is 0 Å². The molecule has 1 aromatic rings. The van der Waals surface area contributed by atoms with Crippen molar-refractivity contribution in [1.82, 2.24) is 4.90 Å². The zero-order valence-electron chi connectivity index (χ0n) is 12.1. The first kappa shape index (κ1) is 14.4. The van der Waals surface area contributed by atoms with Crippen LogP contribution in [0.25, 0.3) is 0 Å². The molecule has 0 amide bonds. The fourth-order valence-corrected chi connectivity index (χ4v) is 2.66. The van der Waals surface area contributed by atoms with Gasteiger partial charge in [0, 0.05) is 6.04 Å². The van der Waals surface area contributed by atoms with E-state index in [1.165, 1.54) is 31.5 Å². The molecule has 2 rings (SSSR count). The monoisotopic (exact) mass is 262 g/mol. The first-order valence-electron chi connectivity index (χ1n) is 7.36. The number of benzene rings is 1. The Morgan fingerprint density at radius 3 is 2.47 bits per heavy atom. The summed E-state index contributed by atoms with van der Waals surface area (Å²) < 4.78 is 5.79. The molecule has 1 unspecified atom stereocenters. The lowest BCUT2D eigenvalue weighted by atomic mass is 9.90. The van der Waals surface area contributed by atoms with Gasteiger partial charge in [-0.15, -0.1) is 0 Å². The molecular weight excluding hydrogens is 236 g/mol. The zero-order valence-corrected chi connectivity index (χ0v) is 12.1. The van der Waals surface area contributed by atoms with Crippen molar-refractivity contribution in [2.75, 3.05) is 26.2 Å². The van der Waals surface area contributed by atoms with Crippen LogP contribution in [0.3, 0.4) is 0 Å². The summed E-state index contributed by atoms with van der Waals surface area (Å²) in [6.45, 7) is 8.44. The van der Waals surface area contributed by atoms with Crippen LogP contribution in [0.15, 0.2) is 24.3 Å². The van der Waals surface area contributed by atoms with Crippen molar-refractivity contribution in [1.29, 1.82) is 0 Å². The van der Waals surface area contributed by atoms with Crippen molar-refractivity contribution in [3.8, 4) is 5.75 Å². The second kappa shape index (κ2) is 6.92. The molecule has 2 N–H and O–H groups in total. The molecule has 1 saturated heterocycles. The van der Waals surface area contributed by atoms with E-state index in [1.54, 1.807) is 0 Å². The average molecular weight is 262 g/mol. The first-order valence-corrected chi connectivity index (χ1v) is 7.36. The third kappa shape index (κ3) is 4.22. The number of nitrogens with two attached hydrogens (primary N) is 1. The molecule has 0 aliphatic carbocycles. The van der Waals surface area contributed by atoms with E-state index in [0.717, 1.165) is 12.3 Å². The summed E-state index contributed by atoms with van der Waals surface area (Å²) in [5, 5.41) is 0. The van der Waals surface area contributed by atoms with E-state index in [-0.39, 0.29) is 6.04 Å². The van der Waals surface area contributed by atoms with Gasteiger partial charge < -0.3 is 15.4 Å². The van der Waals surface area contributed by atoms with Crippen LogP contribution in [-0.4, -0.2) is 37.2 Å². The van der Waals surface area contributed by atoms with Gasteiger partial charge in [0.15, 0.2) is 0 Å². The highest BCUT2D eigenvalue weighted by Crippen LogP contribution is 2.20. The Bertz CT molecular complexity index is 369. The van der Waals surface area contributed by atoms with E-state index >= 15 is 0 Å². The van der Waals surface area contributed by atoms with Crippen LogP contribution in [0.2, 0.25) is 0 Å². The Morgan fingerprint density at radius 1 is 1.26 bits per heavy atom. The van der Waals surface area contributed by atoms with Crippen LogP contribution in [-0.2, 0) is 0 Å². The van der Waals surface area contributed by atoms with E-state index in [4.69, 9.17) is 10.5 Å². The molecule has 0 aromatic heterocycles. The smallest absolute Gasteiger partial charge is 0.119 e. The number of rotatable bonds is 5. The maximum Gasteiger partial charge on any atom is 0.119 e. The van der Waals surface area contributed by atoms with Crippen LogP contribution < -0.4 is 10.5 Å². The van der Waals surface area contributed by atoms with Gasteiger partial charge in [0.05, 0.1) is 0 Å². The van der Waals surface area contributed by atoms with Crippen molar-refractivity contribution in [2.24, 2.45) is 11.7 Å². The van der Waals surface area contributed by atoms with Crippen LogP contribution >= 0.6 is 0 Å². The minimum atomic E-state index is 0.153. The topological polar surface area (TPSA) is 38.5 Å². The number of nitrogens with zero attached hydrogens (tertiary/aromatic N) is 1. The second-order valence-electron chi connectivity index (χ2n) is 5.56.